The number of hydrogen-bond acceptors (Lipinski definition) is 5. The van der Waals surface area contributed by atoms with Crippen molar-refractivity contribution in [3.05, 3.63) is 69.9 Å². The van der Waals surface area contributed by atoms with E-state index in [2.05, 4.69) is 0 Å². The SMILES string of the molecule is COCn1ccc2ccc([N+](=O)[O-])c(CS(=O)(=O)c3ccc(C)cc3)c21. The summed E-state index contributed by atoms with van der Waals surface area (Å²) in [4.78, 5) is 11.1. The summed E-state index contributed by atoms with van der Waals surface area (Å²) in [7, 11) is -2.24. The van der Waals surface area contributed by atoms with Gasteiger partial charge < -0.3 is 9.30 Å². The summed E-state index contributed by atoms with van der Waals surface area (Å²) in [6.45, 7) is 2.03. The zero-order chi connectivity index (χ0) is 18.9. The van der Waals surface area contributed by atoms with Gasteiger partial charge in [0.15, 0.2) is 9.84 Å². The van der Waals surface area contributed by atoms with Crippen LogP contribution in [0.5, 0.6) is 0 Å². The molecule has 0 bridgehead atoms. The third-order valence-corrected chi connectivity index (χ3v) is 5.85. The Kier molecular flexibility index (Phi) is 4.80. The fraction of sp³-hybridized carbons (Fsp3) is 0.222. The third kappa shape index (κ3) is 3.33. The lowest BCUT2D eigenvalue weighted by atomic mass is 10.1. The molecular weight excluding hydrogens is 356 g/mol. The summed E-state index contributed by atoms with van der Waals surface area (Å²) in [5.41, 5.74) is 1.38. The maximum atomic E-state index is 12.9. The average Bonchev–Trinajstić information content (AvgIpc) is 2.99. The smallest absolute Gasteiger partial charge is 0.275 e. The van der Waals surface area contributed by atoms with E-state index in [1.807, 2.05) is 6.92 Å². The summed E-state index contributed by atoms with van der Waals surface area (Å²) in [6, 6.07) is 11.2. The number of aryl methyl sites for hydroxylation is 1. The van der Waals surface area contributed by atoms with Gasteiger partial charge in [0.2, 0.25) is 0 Å². The first kappa shape index (κ1) is 18.1. The van der Waals surface area contributed by atoms with Crippen LogP contribution < -0.4 is 0 Å². The van der Waals surface area contributed by atoms with Gasteiger partial charge in [-0.05, 0) is 31.2 Å². The van der Waals surface area contributed by atoms with E-state index in [0.717, 1.165) is 10.9 Å². The monoisotopic (exact) mass is 374 g/mol. The summed E-state index contributed by atoms with van der Waals surface area (Å²) in [5, 5.41) is 12.2. The van der Waals surface area contributed by atoms with Crippen LogP contribution in [0, 0.1) is 17.0 Å². The predicted octanol–water partition coefficient (Wildman–Crippen LogP) is 3.44. The number of sulfone groups is 1. The molecule has 136 valence electrons. The van der Waals surface area contributed by atoms with Crippen LogP contribution in [0.1, 0.15) is 11.1 Å². The van der Waals surface area contributed by atoms with Crippen molar-refractivity contribution >= 4 is 26.4 Å². The number of hydrogen-bond donors (Lipinski definition) is 0. The van der Waals surface area contributed by atoms with E-state index in [4.69, 9.17) is 4.74 Å². The van der Waals surface area contributed by atoms with Crippen LogP contribution in [0.2, 0.25) is 0 Å². The molecule has 0 saturated heterocycles. The van der Waals surface area contributed by atoms with Crippen molar-refractivity contribution in [1.29, 1.82) is 0 Å². The van der Waals surface area contributed by atoms with E-state index < -0.39 is 20.5 Å². The first-order chi connectivity index (χ1) is 12.3. The van der Waals surface area contributed by atoms with Gasteiger partial charge in [-0.15, -0.1) is 0 Å². The lowest BCUT2D eigenvalue weighted by Crippen LogP contribution is -2.10. The second-order valence-electron chi connectivity index (χ2n) is 6.03. The van der Waals surface area contributed by atoms with E-state index in [0.29, 0.717) is 5.52 Å². The van der Waals surface area contributed by atoms with Crippen LogP contribution in [0.15, 0.2) is 53.6 Å². The number of ether oxygens (including phenoxy) is 1. The highest BCUT2D eigenvalue weighted by Crippen LogP contribution is 2.32. The molecule has 0 fully saturated rings. The fourth-order valence-electron chi connectivity index (χ4n) is 2.94. The summed E-state index contributed by atoms with van der Waals surface area (Å²) >= 11 is 0. The Balaban J connectivity index is 2.18. The lowest BCUT2D eigenvalue weighted by molar-refractivity contribution is -0.385. The van der Waals surface area contributed by atoms with Crippen LogP contribution in [-0.4, -0.2) is 25.0 Å². The number of methoxy groups -OCH3 is 1. The van der Waals surface area contributed by atoms with Crippen molar-refractivity contribution in [1.82, 2.24) is 4.57 Å². The number of fused-ring (bicyclic) bond motifs is 1. The maximum absolute atomic E-state index is 12.9. The van der Waals surface area contributed by atoms with Gasteiger partial charge >= 0.3 is 0 Å². The van der Waals surface area contributed by atoms with Gasteiger partial charge in [-0.1, -0.05) is 17.7 Å². The van der Waals surface area contributed by atoms with Gasteiger partial charge in [0, 0.05) is 24.8 Å². The first-order valence-corrected chi connectivity index (χ1v) is 9.52. The van der Waals surface area contributed by atoms with E-state index >= 15 is 0 Å². The topological polar surface area (TPSA) is 91.4 Å². The molecule has 1 aromatic heterocycles. The molecule has 1 heterocycles. The molecule has 0 atom stereocenters. The zero-order valence-electron chi connectivity index (χ0n) is 14.4. The minimum Gasteiger partial charge on any atom is -0.364 e. The largest absolute Gasteiger partial charge is 0.364 e. The molecule has 0 N–H and O–H groups in total. The molecule has 0 aliphatic rings. The van der Waals surface area contributed by atoms with E-state index in [1.165, 1.54) is 25.3 Å². The molecule has 0 aliphatic carbocycles. The number of nitrogens with zero attached hydrogens (tertiary/aromatic N) is 2. The third-order valence-electron chi connectivity index (χ3n) is 4.19. The molecule has 8 heteroatoms. The predicted molar refractivity (Wildman–Crippen MR) is 97.7 cm³/mol. The van der Waals surface area contributed by atoms with Crippen molar-refractivity contribution in [3.8, 4) is 0 Å². The summed E-state index contributed by atoms with van der Waals surface area (Å²) in [6.07, 6.45) is 1.72. The highest BCUT2D eigenvalue weighted by Gasteiger charge is 2.26. The van der Waals surface area contributed by atoms with Gasteiger partial charge in [0.05, 0.1) is 26.7 Å². The molecule has 0 saturated carbocycles. The standard InChI is InChI=1S/C18H18N2O5S/c1-13-3-6-15(7-4-13)26(23,24)11-16-17(20(21)22)8-5-14-9-10-19(12-25-2)18(14)16/h3-10H,11-12H2,1-2H3. The lowest BCUT2D eigenvalue weighted by Gasteiger charge is -2.11. The number of nitro benzene ring substituents is 1. The molecule has 0 amide bonds. The highest BCUT2D eigenvalue weighted by atomic mass is 32.2. The fourth-order valence-corrected chi connectivity index (χ4v) is 4.32. The maximum Gasteiger partial charge on any atom is 0.275 e. The van der Waals surface area contributed by atoms with Crippen molar-refractivity contribution in [2.24, 2.45) is 0 Å². The second-order valence-corrected chi connectivity index (χ2v) is 8.02. The van der Waals surface area contributed by atoms with Crippen LogP contribution in [0.4, 0.5) is 5.69 Å². The van der Waals surface area contributed by atoms with Crippen molar-refractivity contribution in [2.45, 2.75) is 24.3 Å². The highest BCUT2D eigenvalue weighted by molar-refractivity contribution is 7.90. The molecule has 26 heavy (non-hydrogen) atoms. The van der Waals surface area contributed by atoms with Crippen LogP contribution in [0.25, 0.3) is 10.9 Å². The molecule has 0 spiro atoms. The van der Waals surface area contributed by atoms with Crippen LogP contribution in [0.3, 0.4) is 0 Å². The van der Waals surface area contributed by atoms with E-state index in [9.17, 15) is 18.5 Å². The Morgan fingerprint density at radius 2 is 1.81 bits per heavy atom. The van der Waals surface area contributed by atoms with Crippen molar-refractivity contribution in [2.75, 3.05) is 7.11 Å². The van der Waals surface area contributed by atoms with Gasteiger partial charge in [-0.2, -0.15) is 0 Å². The molecule has 2 aromatic carbocycles. The minimum absolute atomic E-state index is 0.138. The summed E-state index contributed by atoms with van der Waals surface area (Å²) < 4.78 is 32.5. The average molecular weight is 374 g/mol. The minimum atomic E-state index is -3.75. The second kappa shape index (κ2) is 6.89. The zero-order valence-corrected chi connectivity index (χ0v) is 15.2. The van der Waals surface area contributed by atoms with Gasteiger partial charge in [0.1, 0.15) is 6.73 Å². The molecule has 3 rings (SSSR count). The van der Waals surface area contributed by atoms with Gasteiger partial charge in [0.25, 0.3) is 5.69 Å². The number of benzene rings is 2. The molecule has 3 aromatic rings. The van der Waals surface area contributed by atoms with Crippen molar-refractivity contribution < 1.29 is 18.1 Å². The Morgan fingerprint density at radius 1 is 1.12 bits per heavy atom. The Morgan fingerprint density at radius 3 is 2.42 bits per heavy atom. The van der Waals surface area contributed by atoms with E-state index in [1.54, 1.807) is 35.0 Å². The number of rotatable bonds is 6. The Hall–Kier alpha value is -2.71. The Bertz CT molecular complexity index is 1070. The quantitative estimate of drug-likeness (QED) is 0.487. The molecule has 7 nitrogen and oxygen atoms in total. The molecular formula is C18H18N2O5S. The van der Waals surface area contributed by atoms with Gasteiger partial charge in [-0.25, -0.2) is 8.42 Å². The van der Waals surface area contributed by atoms with E-state index in [-0.39, 0.29) is 22.9 Å². The van der Waals surface area contributed by atoms with Gasteiger partial charge in [-0.3, -0.25) is 10.1 Å². The Labute approximate surface area is 150 Å². The van der Waals surface area contributed by atoms with Crippen LogP contribution >= 0.6 is 0 Å². The van der Waals surface area contributed by atoms with Crippen LogP contribution in [-0.2, 0) is 27.1 Å². The first-order valence-electron chi connectivity index (χ1n) is 7.87. The molecule has 0 radical (unpaired) electrons. The molecule has 0 unspecified atom stereocenters. The number of aromatic nitrogens is 1. The number of nitro groups is 1. The normalized spacial score (nSPS) is 11.8. The summed E-state index contributed by atoms with van der Waals surface area (Å²) in [5.74, 6) is -0.461. The van der Waals surface area contributed by atoms with Crippen molar-refractivity contribution in [3.63, 3.8) is 0 Å². The molecule has 0 aliphatic heterocycles.